The Bertz CT molecular complexity index is 1100. The number of alkyl halides is 6. The van der Waals surface area contributed by atoms with Gasteiger partial charge in [-0.1, -0.05) is 12.1 Å². The van der Waals surface area contributed by atoms with E-state index < -0.39 is 24.3 Å². The van der Waals surface area contributed by atoms with Crippen LogP contribution in [-0.2, 0) is 25.6 Å². The van der Waals surface area contributed by atoms with E-state index in [1.54, 1.807) is 12.3 Å². The maximum Gasteiger partial charge on any atom is 0.490 e. The first-order valence-electron chi connectivity index (χ1n) is 12.0. The van der Waals surface area contributed by atoms with Crippen molar-refractivity contribution in [3.8, 4) is 0 Å². The van der Waals surface area contributed by atoms with Crippen LogP contribution in [0.5, 0.6) is 0 Å². The van der Waals surface area contributed by atoms with E-state index in [9.17, 15) is 30.7 Å². The van der Waals surface area contributed by atoms with Gasteiger partial charge in [0.1, 0.15) is 11.4 Å². The van der Waals surface area contributed by atoms with Gasteiger partial charge in [-0.2, -0.15) is 26.3 Å². The van der Waals surface area contributed by atoms with E-state index in [4.69, 9.17) is 29.3 Å². The van der Waals surface area contributed by atoms with Crippen LogP contribution in [0.1, 0.15) is 12.0 Å². The number of hydrogen-bond donors (Lipinski definition) is 3. The van der Waals surface area contributed by atoms with Gasteiger partial charge in [-0.15, -0.1) is 0 Å². The molecule has 1 spiro atoms. The first kappa shape index (κ1) is 33.7. The minimum absolute atomic E-state index is 0.220. The number of pyridine rings is 1. The lowest BCUT2D eigenvalue weighted by Crippen LogP contribution is -2.43. The molecule has 2 unspecified atom stereocenters. The molecule has 1 aromatic heterocycles. The van der Waals surface area contributed by atoms with Crippen LogP contribution in [0.2, 0.25) is 0 Å². The lowest BCUT2D eigenvalue weighted by atomic mass is 9.94. The Kier molecular flexibility index (Phi) is 12.3. The second-order valence-corrected chi connectivity index (χ2v) is 9.19. The third-order valence-corrected chi connectivity index (χ3v) is 5.75. The van der Waals surface area contributed by atoms with Crippen LogP contribution in [0.4, 0.5) is 36.4 Å². The molecule has 4 rings (SSSR count). The summed E-state index contributed by atoms with van der Waals surface area (Å²) in [6.07, 6.45) is -5.51. The summed E-state index contributed by atoms with van der Waals surface area (Å²) in [7, 11) is 0. The van der Waals surface area contributed by atoms with Gasteiger partial charge in [0.05, 0.1) is 19.8 Å². The molecule has 3 heterocycles. The van der Waals surface area contributed by atoms with Gasteiger partial charge in [0.15, 0.2) is 0 Å². The summed E-state index contributed by atoms with van der Waals surface area (Å²) in [6, 6.07) is 10.7. The van der Waals surface area contributed by atoms with Crippen molar-refractivity contribution in [1.82, 2.24) is 9.88 Å². The Morgan fingerprint density at radius 3 is 2.29 bits per heavy atom. The molecule has 0 radical (unpaired) electrons. The van der Waals surface area contributed by atoms with Crippen LogP contribution in [0.15, 0.2) is 48.8 Å². The maximum atomic E-state index is 13.3. The number of ether oxygens (including phenoxy) is 2. The highest BCUT2D eigenvalue weighted by Crippen LogP contribution is 2.33. The van der Waals surface area contributed by atoms with E-state index in [1.807, 2.05) is 18.3 Å². The van der Waals surface area contributed by atoms with Gasteiger partial charge in [0, 0.05) is 50.2 Å². The Labute approximate surface area is 229 Å². The van der Waals surface area contributed by atoms with Gasteiger partial charge >= 0.3 is 24.3 Å². The summed E-state index contributed by atoms with van der Waals surface area (Å²) in [4.78, 5) is 24.4. The fourth-order valence-electron chi connectivity index (χ4n) is 4.01. The number of aromatic nitrogens is 1. The van der Waals surface area contributed by atoms with Gasteiger partial charge in [-0.3, -0.25) is 9.88 Å². The van der Waals surface area contributed by atoms with Crippen molar-refractivity contribution in [2.75, 3.05) is 44.8 Å². The highest BCUT2D eigenvalue weighted by molar-refractivity contribution is 5.73. The molecule has 0 bridgehead atoms. The monoisotopic (exact) mass is 599 g/mol. The number of carboxylic acids is 2. The largest absolute Gasteiger partial charge is 0.490 e. The first-order valence-corrected chi connectivity index (χ1v) is 12.0. The number of carbonyl (C=O) groups is 2. The van der Waals surface area contributed by atoms with Crippen molar-refractivity contribution in [3.05, 3.63) is 60.2 Å². The third kappa shape index (κ3) is 12.3. The lowest BCUT2D eigenvalue weighted by molar-refractivity contribution is -0.193. The number of nitrogens with zero attached hydrogens (tertiary/aromatic N) is 2. The summed E-state index contributed by atoms with van der Waals surface area (Å²) in [5.74, 6) is -5.35. The molecule has 3 N–H and O–H groups in total. The zero-order chi connectivity index (χ0) is 30.7. The molecule has 2 fully saturated rings. The first-order chi connectivity index (χ1) is 19.1. The molecule has 2 aromatic rings. The average Bonchev–Trinajstić information content (AvgIpc) is 3.17. The van der Waals surface area contributed by atoms with E-state index in [-0.39, 0.29) is 11.4 Å². The number of carboxylic acid groups (broad SMARTS) is 2. The standard InChI is InChI=1S/C21H26FN3O2.2C2HF3O2/c22-19-4-1-5-20(9-19)24-12-18-10-21(27-14-18)15-25(7-8-26-16-21)13-17-3-2-6-23-11-17;2*3-2(4,5)1(6)7/h1-6,9,11,18,24H,7-8,10,12-16H2;2*(H,6,7). The van der Waals surface area contributed by atoms with E-state index >= 15 is 0 Å². The fraction of sp³-hybridized carbons (Fsp3) is 0.480. The smallest absolute Gasteiger partial charge is 0.475 e. The van der Waals surface area contributed by atoms with Crippen LogP contribution in [0, 0.1) is 11.7 Å². The molecular formula is C25H28F7N3O6. The summed E-state index contributed by atoms with van der Waals surface area (Å²) >= 11 is 0. The molecule has 0 amide bonds. The lowest BCUT2D eigenvalue weighted by Gasteiger charge is -2.31. The maximum absolute atomic E-state index is 13.3. The van der Waals surface area contributed by atoms with Crippen LogP contribution in [0.3, 0.4) is 0 Å². The van der Waals surface area contributed by atoms with E-state index in [2.05, 4.69) is 21.3 Å². The molecule has 228 valence electrons. The van der Waals surface area contributed by atoms with Crippen LogP contribution in [0.25, 0.3) is 0 Å². The molecule has 0 saturated carbocycles. The number of halogens is 7. The number of benzene rings is 1. The number of aliphatic carboxylic acids is 2. The van der Waals surface area contributed by atoms with Crippen molar-refractivity contribution in [1.29, 1.82) is 0 Å². The molecule has 0 aliphatic carbocycles. The van der Waals surface area contributed by atoms with Crippen LogP contribution in [-0.4, -0.2) is 89.4 Å². The second-order valence-electron chi connectivity index (χ2n) is 9.19. The van der Waals surface area contributed by atoms with Crippen molar-refractivity contribution >= 4 is 17.6 Å². The van der Waals surface area contributed by atoms with Crippen molar-refractivity contribution < 1.29 is 60.0 Å². The Morgan fingerprint density at radius 1 is 1.07 bits per heavy atom. The molecule has 2 aliphatic heterocycles. The Morgan fingerprint density at radius 2 is 1.73 bits per heavy atom. The van der Waals surface area contributed by atoms with Crippen molar-refractivity contribution in [3.63, 3.8) is 0 Å². The summed E-state index contributed by atoms with van der Waals surface area (Å²) < 4.78 is 88.9. The van der Waals surface area contributed by atoms with Gasteiger partial charge in [0.2, 0.25) is 0 Å². The van der Waals surface area contributed by atoms with Crippen LogP contribution >= 0.6 is 0 Å². The Hall–Kier alpha value is -3.50. The summed E-state index contributed by atoms with van der Waals surface area (Å²) in [5, 5.41) is 17.6. The average molecular weight is 600 g/mol. The van der Waals surface area contributed by atoms with E-state index in [1.165, 1.54) is 17.7 Å². The van der Waals surface area contributed by atoms with Gasteiger partial charge in [-0.05, 0) is 36.2 Å². The number of anilines is 1. The van der Waals surface area contributed by atoms with Gasteiger partial charge in [-0.25, -0.2) is 14.0 Å². The Balaban J connectivity index is 0.000000349. The molecule has 2 saturated heterocycles. The topological polar surface area (TPSA) is 121 Å². The predicted molar refractivity (Wildman–Crippen MR) is 129 cm³/mol. The van der Waals surface area contributed by atoms with E-state index in [0.717, 1.165) is 44.9 Å². The highest BCUT2D eigenvalue weighted by Gasteiger charge is 2.43. The highest BCUT2D eigenvalue weighted by atomic mass is 19.4. The SMILES string of the molecule is Fc1cccc(NCC2COC3(COCCN(Cc4cccnc4)C3)C2)c1.O=C(O)C(F)(F)F.O=C(O)C(F)(F)F. The van der Waals surface area contributed by atoms with Crippen LogP contribution < -0.4 is 5.32 Å². The van der Waals surface area contributed by atoms with Crippen molar-refractivity contribution in [2.24, 2.45) is 5.92 Å². The third-order valence-electron chi connectivity index (χ3n) is 5.75. The normalized spacial score (nSPS) is 21.1. The zero-order valence-electron chi connectivity index (χ0n) is 21.4. The molecule has 2 atom stereocenters. The quantitative estimate of drug-likeness (QED) is 0.434. The fourth-order valence-corrected chi connectivity index (χ4v) is 4.01. The number of hydrogen-bond acceptors (Lipinski definition) is 7. The number of nitrogens with one attached hydrogen (secondary N) is 1. The molecular weight excluding hydrogens is 571 g/mol. The van der Waals surface area contributed by atoms with Gasteiger partial charge < -0.3 is 25.0 Å². The minimum atomic E-state index is -5.08. The number of rotatable bonds is 5. The molecule has 9 nitrogen and oxygen atoms in total. The molecule has 16 heteroatoms. The summed E-state index contributed by atoms with van der Waals surface area (Å²) in [5.41, 5.74) is 1.76. The zero-order valence-corrected chi connectivity index (χ0v) is 21.4. The predicted octanol–water partition coefficient (Wildman–Crippen LogP) is 4.21. The molecule has 41 heavy (non-hydrogen) atoms. The molecule has 2 aliphatic rings. The summed E-state index contributed by atoms with van der Waals surface area (Å²) in [6.45, 7) is 5.43. The van der Waals surface area contributed by atoms with E-state index in [0.29, 0.717) is 19.1 Å². The molecule has 1 aromatic carbocycles. The van der Waals surface area contributed by atoms with Gasteiger partial charge in [0.25, 0.3) is 0 Å². The second kappa shape index (κ2) is 14.9. The minimum Gasteiger partial charge on any atom is -0.475 e. The van der Waals surface area contributed by atoms with Crippen molar-refractivity contribution in [2.45, 2.75) is 30.9 Å².